The van der Waals surface area contributed by atoms with Crippen LogP contribution in [-0.2, 0) is 4.74 Å². The summed E-state index contributed by atoms with van der Waals surface area (Å²) in [5.41, 5.74) is 1.38. The maximum atomic E-state index is 15.1. The van der Waals surface area contributed by atoms with E-state index in [0.29, 0.717) is 63.9 Å². The lowest BCUT2D eigenvalue weighted by Crippen LogP contribution is -2.57. The van der Waals surface area contributed by atoms with Crippen LogP contribution < -0.4 is 15.0 Å². The number of hydrogen-bond acceptors (Lipinski definition) is 11. The minimum Gasteiger partial charge on any atom is -0.454 e. The molecule has 228 valence electrons. The zero-order chi connectivity index (χ0) is 31.0. The van der Waals surface area contributed by atoms with Crippen molar-refractivity contribution in [2.24, 2.45) is 0 Å². The number of aromatic nitrogens is 6. The van der Waals surface area contributed by atoms with Gasteiger partial charge in [-0.25, -0.2) is 33.6 Å². The van der Waals surface area contributed by atoms with E-state index in [1.807, 2.05) is 11.0 Å². The summed E-state index contributed by atoms with van der Waals surface area (Å²) < 4.78 is 28.6. The largest absolute Gasteiger partial charge is 0.454 e. The van der Waals surface area contributed by atoms with Crippen LogP contribution in [0.15, 0.2) is 59.7 Å². The number of rotatable bonds is 6. The van der Waals surface area contributed by atoms with Crippen LogP contribution in [-0.4, -0.2) is 83.5 Å². The average molecular weight is 667 g/mol. The number of carbonyl (C=O) groups excluding carboxylic acids is 1. The molecule has 0 unspecified atom stereocenters. The number of nitrogens with one attached hydrogen (secondary N) is 1. The molecule has 2 N–H and O–H groups in total. The number of halogens is 2. The van der Waals surface area contributed by atoms with Crippen LogP contribution in [0.4, 0.5) is 26.5 Å². The topological polar surface area (TPSA) is 143 Å². The minimum atomic E-state index is -0.648. The first kappa shape index (κ1) is 29.4. The molecule has 0 radical (unpaired) electrons. The molecule has 5 aromatic rings. The van der Waals surface area contributed by atoms with Crippen molar-refractivity contribution in [2.45, 2.75) is 32.4 Å². The molecule has 5 heterocycles. The fourth-order valence-corrected chi connectivity index (χ4v) is 5.37. The van der Waals surface area contributed by atoms with Crippen LogP contribution in [0.2, 0.25) is 0 Å². The van der Waals surface area contributed by atoms with Crippen molar-refractivity contribution in [3.8, 4) is 11.5 Å². The second-order valence-electron chi connectivity index (χ2n) is 11.1. The van der Waals surface area contributed by atoms with Gasteiger partial charge in [0.2, 0.25) is 0 Å². The highest BCUT2D eigenvalue weighted by atomic mass is 79.9. The summed E-state index contributed by atoms with van der Waals surface area (Å²) >= 11 is 3.60. The molecular weight excluding hydrogens is 637 g/mol. The van der Waals surface area contributed by atoms with Crippen LogP contribution >= 0.6 is 15.9 Å². The van der Waals surface area contributed by atoms with Crippen molar-refractivity contribution in [1.29, 1.82) is 0 Å². The van der Waals surface area contributed by atoms with Crippen LogP contribution in [0.25, 0.3) is 16.7 Å². The Morgan fingerprint density at radius 1 is 1.14 bits per heavy atom. The van der Waals surface area contributed by atoms with E-state index in [9.17, 15) is 9.90 Å². The number of benzene rings is 1. The number of piperazine rings is 1. The van der Waals surface area contributed by atoms with Crippen LogP contribution in [0.5, 0.6) is 11.5 Å². The summed E-state index contributed by atoms with van der Waals surface area (Å²) in [6, 6.07) is 9.15. The maximum Gasteiger partial charge on any atom is 0.410 e. The summed E-state index contributed by atoms with van der Waals surface area (Å²) in [5.74, 6) is 0.853. The van der Waals surface area contributed by atoms with Crippen molar-refractivity contribution < 1.29 is 23.8 Å². The summed E-state index contributed by atoms with van der Waals surface area (Å²) in [4.78, 5) is 33.9. The number of nitrogens with zero attached hydrogens (tertiary/aromatic N) is 8. The SMILES string of the molecule is CC(C)(C)OC(=O)N1CCN(c2nc3c(Nc4ccc(Oc5ccn6ncnc6c5)c(F)c4)ncnc3cc2Br)C[C@H]1CO. The monoisotopic (exact) mass is 665 g/mol. The zero-order valence-corrected chi connectivity index (χ0v) is 25.7. The molecule has 1 amide bonds. The quantitative estimate of drug-likeness (QED) is 0.255. The Kier molecular flexibility index (Phi) is 7.90. The number of amides is 1. The minimum absolute atomic E-state index is 0.0419. The Morgan fingerprint density at radius 3 is 2.75 bits per heavy atom. The van der Waals surface area contributed by atoms with Crippen molar-refractivity contribution in [1.82, 2.24) is 34.4 Å². The van der Waals surface area contributed by atoms with Gasteiger partial charge in [0, 0.05) is 43.7 Å². The first-order chi connectivity index (χ1) is 21.1. The molecule has 1 aliphatic heterocycles. The third-order valence-electron chi connectivity index (χ3n) is 6.84. The number of hydrogen-bond donors (Lipinski definition) is 2. The van der Waals surface area contributed by atoms with Gasteiger partial charge in [-0.3, -0.25) is 4.90 Å². The number of anilines is 3. The molecule has 0 spiro atoms. The molecule has 13 nitrogen and oxygen atoms in total. The number of carbonyl (C=O) groups is 1. The molecule has 1 aliphatic rings. The van der Waals surface area contributed by atoms with E-state index in [0.717, 1.165) is 0 Å². The summed E-state index contributed by atoms with van der Waals surface area (Å²) in [7, 11) is 0. The molecule has 0 bridgehead atoms. The van der Waals surface area contributed by atoms with Gasteiger partial charge < -0.3 is 24.8 Å². The summed E-state index contributed by atoms with van der Waals surface area (Å²) in [6.45, 7) is 6.30. The molecule has 0 saturated carbocycles. The van der Waals surface area contributed by atoms with Crippen molar-refractivity contribution in [3.05, 3.63) is 65.5 Å². The smallest absolute Gasteiger partial charge is 0.410 e. The van der Waals surface area contributed by atoms with Crippen molar-refractivity contribution in [2.75, 3.05) is 36.5 Å². The van der Waals surface area contributed by atoms with Gasteiger partial charge >= 0.3 is 6.09 Å². The lowest BCUT2D eigenvalue weighted by molar-refractivity contribution is 0.00698. The van der Waals surface area contributed by atoms with Gasteiger partial charge in [-0.15, -0.1) is 0 Å². The lowest BCUT2D eigenvalue weighted by Gasteiger charge is -2.41. The van der Waals surface area contributed by atoms with E-state index in [-0.39, 0.29) is 12.4 Å². The number of aliphatic hydroxyl groups excluding tert-OH is 1. The van der Waals surface area contributed by atoms with Crippen LogP contribution in [0.3, 0.4) is 0 Å². The number of pyridine rings is 2. The van der Waals surface area contributed by atoms with E-state index < -0.39 is 23.6 Å². The Bertz CT molecular complexity index is 1850. The summed E-state index contributed by atoms with van der Waals surface area (Å²) in [6.07, 6.45) is 4.03. The fraction of sp³-hybridized carbons (Fsp3) is 0.310. The number of ether oxygens (including phenoxy) is 2. The van der Waals surface area contributed by atoms with Gasteiger partial charge in [-0.2, -0.15) is 5.10 Å². The fourth-order valence-electron chi connectivity index (χ4n) is 4.82. The van der Waals surface area contributed by atoms with Gasteiger partial charge in [0.05, 0.1) is 22.6 Å². The molecule has 6 rings (SSSR count). The predicted molar refractivity (Wildman–Crippen MR) is 164 cm³/mol. The van der Waals surface area contributed by atoms with Gasteiger partial charge in [0.25, 0.3) is 0 Å². The first-order valence-electron chi connectivity index (χ1n) is 13.8. The molecule has 15 heteroatoms. The molecule has 0 aliphatic carbocycles. The van der Waals surface area contributed by atoms with Gasteiger partial charge in [-0.05, 0) is 61.0 Å². The van der Waals surface area contributed by atoms with Crippen molar-refractivity contribution in [3.63, 3.8) is 0 Å². The Morgan fingerprint density at radius 2 is 1.98 bits per heavy atom. The second kappa shape index (κ2) is 11.8. The van der Waals surface area contributed by atoms with E-state index in [4.69, 9.17) is 14.5 Å². The molecule has 4 aromatic heterocycles. The van der Waals surface area contributed by atoms with Crippen molar-refractivity contribution >= 4 is 56.0 Å². The highest BCUT2D eigenvalue weighted by molar-refractivity contribution is 9.10. The lowest BCUT2D eigenvalue weighted by atomic mass is 10.1. The third-order valence-corrected chi connectivity index (χ3v) is 7.42. The number of aliphatic hydroxyl groups is 1. The van der Waals surface area contributed by atoms with Gasteiger partial charge in [-0.1, -0.05) is 0 Å². The molecule has 1 saturated heterocycles. The van der Waals surface area contributed by atoms with E-state index in [2.05, 4.69) is 41.3 Å². The Balaban J connectivity index is 1.22. The Hall–Kier alpha value is -4.63. The molecule has 1 atom stereocenters. The molecule has 1 fully saturated rings. The maximum absolute atomic E-state index is 15.1. The molecular formula is C29H29BrFN9O4. The Labute approximate surface area is 259 Å². The van der Waals surface area contributed by atoms with Gasteiger partial charge in [0.15, 0.2) is 23.0 Å². The predicted octanol–water partition coefficient (Wildman–Crippen LogP) is 4.92. The second-order valence-corrected chi connectivity index (χ2v) is 12.0. The van der Waals surface area contributed by atoms with E-state index in [1.165, 1.54) is 24.8 Å². The van der Waals surface area contributed by atoms with E-state index >= 15 is 4.39 Å². The summed E-state index contributed by atoms with van der Waals surface area (Å²) in [5, 5.41) is 17.3. The van der Waals surface area contributed by atoms with E-state index in [1.54, 1.807) is 54.6 Å². The normalized spacial score (nSPS) is 15.5. The van der Waals surface area contributed by atoms with Crippen LogP contribution in [0.1, 0.15) is 20.8 Å². The molecule has 1 aromatic carbocycles. The zero-order valence-electron chi connectivity index (χ0n) is 24.1. The van der Waals surface area contributed by atoms with Crippen LogP contribution in [0, 0.1) is 5.82 Å². The third kappa shape index (κ3) is 6.19. The highest BCUT2D eigenvalue weighted by Gasteiger charge is 2.34. The highest BCUT2D eigenvalue weighted by Crippen LogP contribution is 2.33. The average Bonchev–Trinajstić information content (AvgIpc) is 3.45. The number of fused-ring (bicyclic) bond motifs is 2. The standard InChI is InChI=1S/C29H29BrFN9O4/c1-29(2,3)44-28(42)39-9-8-38(13-18(39)14-41)27-20(30)12-22-25(37-27)26(34-15-32-22)36-17-4-5-23(21(31)10-17)43-19-6-7-40-24(11-19)33-16-35-40/h4-7,10-12,15-16,18,41H,8-9,13-14H2,1-3H3,(H,32,34,36)/t18-/m0/s1. The van der Waals surface area contributed by atoms with Gasteiger partial charge in [0.1, 0.15) is 35.3 Å². The first-order valence-corrected chi connectivity index (χ1v) is 14.6. The molecule has 44 heavy (non-hydrogen) atoms.